The smallest absolute Gasteiger partial charge is 0.303 e. The second kappa shape index (κ2) is 4.40. The molecule has 2 rings (SSSR count). The third-order valence-electron chi connectivity index (χ3n) is 2.87. The van der Waals surface area contributed by atoms with Crippen LogP contribution in [0.15, 0.2) is 12.5 Å². The summed E-state index contributed by atoms with van der Waals surface area (Å²) in [5, 5.41) is 9.74. The van der Waals surface area contributed by atoms with Crippen LogP contribution in [0.5, 0.6) is 0 Å². The predicted molar refractivity (Wildman–Crippen MR) is 68.5 cm³/mol. The summed E-state index contributed by atoms with van der Waals surface area (Å²) in [6.45, 7) is 6.26. The van der Waals surface area contributed by atoms with Gasteiger partial charge >= 0.3 is 5.97 Å². The van der Waals surface area contributed by atoms with E-state index in [1.54, 1.807) is 6.33 Å². The van der Waals surface area contributed by atoms with Crippen LogP contribution in [0.4, 0.5) is 0 Å². The van der Waals surface area contributed by atoms with E-state index >= 15 is 0 Å². The molecule has 0 aliphatic heterocycles. The second-order valence-corrected chi connectivity index (χ2v) is 5.40. The Morgan fingerprint density at radius 3 is 2.72 bits per heavy atom. The lowest BCUT2D eigenvalue weighted by Gasteiger charge is -2.18. The first kappa shape index (κ1) is 12.5. The number of nitrogens with one attached hydrogen (secondary N) is 1. The molecule has 0 atom stereocenters. The molecule has 0 unspecified atom stereocenters. The first-order valence-corrected chi connectivity index (χ1v) is 5.93. The standard InChI is InChI=1S/C13H17N3O2/c1-13(2,3)11-10-8(4-5-9(17)18)6-14-12(10)16-7-15-11/h6-7H,4-5H2,1-3H3,(H,17,18)(H,14,15,16). The Balaban J connectivity index is 2.52. The van der Waals surface area contributed by atoms with Crippen LogP contribution in [-0.2, 0) is 16.6 Å². The van der Waals surface area contributed by atoms with Gasteiger partial charge in [0.1, 0.15) is 12.0 Å². The maximum Gasteiger partial charge on any atom is 0.303 e. The van der Waals surface area contributed by atoms with Gasteiger partial charge in [-0.15, -0.1) is 0 Å². The molecule has 2 aromatic rings. The predicted octanol–water partition coefficient (Wildman–Crippen LogP) is 2.27. The molecular weight excluding hydrogens is 230 g/mol. The van der Waals surface area contributed by atoms with Gasteiger partial charge in [0.15, 0.2) is 0 Å². The van der Waals surface area contributed by atoms with Crippen LogP contribution in [0, 0.1) is 0 Å². The van der Waals surface area contributed by atoms with E-state index in [0.717, 1.165) is 22.3 Å². The molecule has 0 saturated carbocycles. The van der Waals surface area contributed by atoms with Crippen LogP contribution >= 0.6 is 0 Å². The van der Waals surface area contributed by atoms with Gasteiger partial charge in [-0.1, -0.05) is 20.8 Å². The number of carboxylic acids is 1. The van der Waals surface area contributed by atoms with Crippen molar-refractivity contribution in [1.82, 2.24) is 15.0 Å². The van der Waals surface area contributed by atoms with Gasteiger partial charge in [0.25, 0.3) is 0 Å². The van der Waals surface area contributed by atoms with Crippen molar-refractivity contribution in [1.29, 1.82) is 0 Å². The maximum absolute atomic E-state index is 10.7. The highest BCUT2D eigenvalue weighted by Gasteiger charge is 2.21. The zero-order valence-corrected chi connectivity index (χ0v) is 10.8. The van der Waals surface area contributed by atoms with E-state index < -0.39 is 5.97 Å². The van der Waals surface area contributed by atoms with Gasteiger partial charge in [-0.2, -0.15) is 0 Å². The number of hydrogen-bond acceptors (Lipinski definition) is 3. The molecule has 0 aromatic carbocycles. The third-order valence-corrected chi connectivity index (χ3v) is 2.87. The maximum atomic E-state index is 10.7. The fourth-order valence-corrected chi connectivity index (χ4v) is 2.03. The Labute approximate surface area is 105 Å². The monoisotopic (exact) mass is 247 g/mol. The van der Waals surface area contributed by atoms with Crippen LogP contribution in [-0.4, -0.2) is 26.0 Å². The number of rotatable bonds is 3. The van der Waals surface area contributed by atoms with Gasteiger partial charge in [0.2, 0.25) is 0 Å². The van der Waals surface area contributed by atoms with Gasteiger partial charge in [0.05, 0.1) is 5.69 Å². The highest BCUT2D eigenvalue weighted by molar-refractivity contribution is 5.83. The quantitative estimate of drug-likeness (QED) is 0.872. The molecule has 0 fully saturated rings. The molecule has 0 saturated heterocycles. The minimum Gasteiger partial charge on any atom is -0.481 e. The minimum absolute atomic E-state index is 0.0959. The molecule has 2 heterocycles. The molecule has 5 nitrogen and oxygen atoms in total. The second-order valence-electron chi connectivity index (χ2n) is 5.40. The van der Waals surface area contributed by atoms with Crippen molar-refractivity contribution in [3.8, 4) is 0 Å². The van der Waals surface area contributed by atoms with Crippen LogP contribution in [0.3, 0.4) is 0 Å². The molecule has 0 bridgehead atoms. The minimum atomic E-state index is -0.793. The molecule has 0 spiro atoms. The highest BCUT2D eigenvalue weighted by Crippen LogP contribution is 2.29. The number of carboxylic acid groups (broad SMARTS) is 1. The normalized spacial score (nSPS) is 11.9. The lowest BCUT2D eigenvalue weighted by atomic mass is 9.88. The van der Waals surface area contributed by atoms with Crippen molar-refractivity contribution in [3.05, 3.63) is 23.8 Å². The van der Waals surface area contributed by atoms with Crippen molar-refractivity contribution < 1.29 is 9.90 Å². The average molecular weight is 247 g/mol. The summed E-state index contributed by atoms with van der Waals surface area (Å²) in [5.41, 5.74) is 2.60. The van der Waals surface area contributed by atoms with Gasteiger partial charge in [-0.05, 0) is 12.0 Å². The Morgan fingerprint density at radius 1 is 1.39 bits per heavy atom. The zero-order chi connectivity index (χ0) is 13.3. The van der Waals surface area contributed by atoms with Crippen molar-refractivity contribution in [3.63, 3.8) is 0 Å². The first-order valence-electron chi connectivity index (χ1n) is 5.93. The molecule has 0 radical (unpaired) electrons. The summed E-state index contributed by atoms with van der Waals surface area (Å²) >= 11 is 0. The Morgan fingerprint density at radius 2 is 2.11 bits per heavy atom. The van der Waals surface area contributed by atoms with Crippen LogP contribution in [0.2, 0.25) is 0 Å². The van der Waals surface area contributed by atoms with Crippen LogP contribution < -0.4 is 0 Å². The van der Waals surface area contributed by atoms with Gasteiger partial charge in [0, 0.05) is 23.4 Å². The summed E-state index contributed by atoms with van der Waals surface area (Å²) < 4.78 is 0. The first-order chi connectivity index (χ1) is 8.39. The number of aromatic amines is 1. The van der Waals surface area contributed by atoms with Crippen molar-refractivity contribution >= 4 is 17.0 Å². The fourth-order valence-electron chi connectivity index (χ4n) is 2.03. The molecule has 5 heteroatoms. The number of H-pyrrole nitrogens is 1. The number of nitrogens with zero attached hydrogens (tertiary/aromatic N) is 2. The van der Waals surface area contributed by atoms with E-state index in [2.05, 4.69) is 35.7 Å². The largest absolute Gasteiger partial charge is 0.481 e. The van der Waals surface area contributed by atoms with E-state index in [9.17, 15) is 4.79 Å². The summed E-state index contributed by atoms with van der Waals surface area (Å²) in [4.78, 5) is 22.3. The summed E-state index contributed by atoms with van der Waals surface area (Å²) in [6.07, 6.45) is 3.98. The number of aromatic nitrogens is 3. The van der Waals surface area contributed by atoms with Gasteiger partial charge in [-0.25, -0.2) is 9.97 Å². The zero-order valence-electron chi connectivity index (χ0n) is 10.8. The molecule has 0 amide bonds. The Hall–Kier alpha value is -1.91. The molecule has 0 aliphatic carbocycles. The van der Waals surface area contributed by atoms with Crippen molar-refractivity contribution in [2.75, 3.05) is 0 Å². The molecule has 18 heavy (non-hydrogen) atoms. The lowest BCUT2D eigenvalue weighted by Crippen LogP contribution is -2.14. The number of aryl methyl sites for hydroxylation is 1. The molecule has 0 aliphatic rings. The van der Waals surface area contributed by atoms with Crippen LogP contribution in [0.25, 0.3) is 11.0 Å². The number of carbonyl (C=O) groups is 1. The Bertz CT molecular complexity index is 581. The molecule has 2 aromatic heterocycles. The molecule has 96 valence electrons. The van der Waals surface area contributed by atoms with Gasteiger partial charge < -0.3 is 10.1 Å². The summed E-state index contributed by atoms with van der Waals surface area (Å²) in [7, 11) is 0. The topological polar surface area (TPSA) is 78.9 Å². The SMILES string of the molecule is CC(C)(C)c1ncnc2[nH]cc(CCC(=O)O)c12. The number of hydrogen-bond donors (Lipinski definition) is 2. The van der Waals surface area contributed by atoms with E-state index in [0.29, 0.717) is 6.42 Å². The lowest BCUT2D eigenvalue weighted by molar-refractivity contribution is -0.136. The van der Waals surface area contributed by atoms with E-state index in [4.69, 9.17) is 5.11 Å². The molecular formula is C13H17N3O2. The third kappa shape index (κ3) is 2.34. The molecule has 2 N–H and O–H groups in total. The van der Waals surface area contributed by atoms with Crippen molar-refractivity contribution in [2.45, 2.75) is 39.0 Å². The average Bonchev–Trinajstić information content (AvgIpc) is 2.67. The number of aliphatic carboxylic acids is 1. The summed E-state index contributed by atoms with van der Waals surface area (Å²) in [6, 6.07) is 0. The summed E-state index contributed by atoms with van der Waals surface area (Å²) in [5.74, 6) is -0.793. The van der Waals surface area contributed by atoms with E-state index in [1.807, 2.05) is 6.20 Å². The highest BCUT2D eigenvalue weighted by atomic mass is 16.4. The van der Waals surface area contributed by atoms with E-state index in [1.165, 1.54) is 0 Å². The van der Waals surface area contributed by atoms with Crippen LogP contribution in [0.1, 0.15) is 38.4 Å². The number of fused-ring (bicyclic) bond motifs is 1. The Kier molecular flexibility index (Phi) is 3.07. The van der Waals surface area contributed by atoms with Gasteiger partial charge in [-0.3, -0.25) is 4.79 Å². The van der Waals surface area contributed by atoms with E-state index in [-0.39, 0.29) is 11.8 Å². The fraction of sp³-hybridized carbons (Fsp3) is 0.462. The van der Waals surface area contributed by atoms with Crippen molar-refractivity contribution in [2.24, 2.45) is 0 Å².